The maximum Gasteiger partial charge on any atom is 0.419 e. The first-order chi connectivity index (χ1) is 21.8. The summed E-state index contributed by atoms with van der Waals surface area (Å²) in [5.74, 6) is -0.365. The van der Waals surface area contributed by atoms with Crippen molar-refractivity contribution in [1.82, 2.24) is 20.1 Å². The van der Waals surface area contributed by atoms with E-state index >= 15 is 0 Å². The Morgan fingerprint density at radius 3 is 2.35 bits per heavy atom. The van der Waals surface area contributed by atoms with E-state index in [4.69, 9.17) is 13.9 Å². The smallest absolute Gasteiger partial charge is 0.419 e. The van der Waals surface area contributed by atoms with Crippen molar-refractivity contribution in [2.45, 2.75) is 50.9 Å². The van der Waals surface area contributed by atoms with Crippen molar-refractivity contribution in [1.29, 1.82) is 0 Å². The number of carbonyl (C=O) groups excluding carboxylic acids is 2. The zero-order valence-corrected chi connectivity index (χ0v) is 25.5. The number of hydrogen-bond acceptors (Lipinski definition) is 8. The van der Waals surface area contributed by atoms with Crippen LogP contribution in [0.1, 0.15) is 44.2 Å². The highest BCUT2D eigenvalue weighted by atomic mass is 19.4. The number of pyridine rings is 1. The summed E-state index contributed by atoms with van der Waals surface area (Å²) in [7, 11) is 1.55. The summed E-state index contributed by atoms with van der Waals surface area (Å²) < 4.78 is 71.3. The molecule has 1 fully saturated rings. The van der Waals surface area contributed by atoms with E-state index < -0.39 is 41.4 Å². The fraction of sp³-hybridized carbons (Fsp3) is 0.344. The van der Waals surface area contributed by atoms with Crippen LogP contribution in [-0.2, 0) is 27.7 Å². The molecule has 2 aromatic heterocycles. The van der Waals surface area contributed by atoms with Gasteiger partial charge in [0.25, 0.3) is 5.89 Å². The van der Waals surface area contributed by atoms with Crippen LogP contribution >= 0.6 is 0 Å². The number of alkyl halides is 4. The third-order valence-corrected chi connectivity index (χ3v) is 7.36. The molecule has 0 N–H and O–H groups in total. The highest BCUT2D eigenvalue weighted by Crippen LogP contribution is 2.40. The van der Waals surface area contributed by atoms with E-state index in [2.05, 4.69) is 15.2 Å². The Labute approximate surface area is 261 Å². The lowest BCUT2D eigenvalue weighted by atomic mass is 9.88. The number of nitrogens with zero attached hydrogens (tertiary/aromatic N) is 5. The van der Waals surface area contributed by atoms with Gasteiger partial charge >= 0.3 is 12.3 Å². The predicted molar refractivity (Wildman–Crippen MR) is 158 cm³/mol. The van der Waals surface area contributed by atoms with Crippen LogP contribution in [0.4, 0.5) is 33.7 Å². The van der Waals surface area contributed by atoms with Crippen LogP contribution in [0, 0.1) is 0 Å². The summed E-state index contributed by atoms with van der Waals surface area (Å²) in [4.78, 5) is 33.9. The standard InChI is InChI=1S/C32H31F4N5O5/c1-30(2,3)46-29(43)41(22-11-9-21(10-12-22)32(34,35)36)24-6-5-16-37-25(24)26-38-39-27(45-26)31(19-33)15-17-40(28(31)42)18-20-7-13-23(44-4)14-8-20/h5-14,16H,15,17-19H2,1-4H3. The van der Waals surface area contributed by atoms with Gasteiger partial charge in [-0.1, -0.05) is 12.1 Å². The second-order valence-corrected chi connectivity index (χ2v) is 11.7. The Bertz CT molecular complexity index is 1700. The van der Waals surface area contributed by atoms with E-state index in [0.29, 0.717) is 5.75 Å². The summed E-state index contributed by atoms with van der Waals surface area (Å²) in [6, 6.07) is 14.0. The fourth-order valence-corrected chi connectivity index (χ4v) is 5.02. The van der Waals surface area contributed by atoms with Crippen LogP contribution in [-0.4, -0.2) is 58.0 Å². The Morgan fingerprint density at radius 1 is 1.04 bits per heavy atom. The largest absolute Gasteiger partial charge is 0.497 e. The summed E-state index contributed by atoms with van der Waals surface area (Å²) in [6.07, 6.45) is -4.06. The van der Waals surface area contributed by atoms with Crippen molar-refractivity contribution in [2.24, 2.45) is 0 Å². The molecule has 14 heteroatoms. The van der Waals surface area contributed by atoms with Crippen LogP contribution in [0.3, 0.4) is 0 Å². The van der Waals surface area contributed by atoms with E-state index in [1.807, 2.05) is 12.1 Å². The van der Waals surface area contributed by atoms with Gasteiger partial charge < -0.3 is 18.8 Å². The molecule has 1 atom stereocenters. The van der Waals surface area contributed by atoms with Gasteiger partial charge in [-0.25, -0.2) is 19.1 Å². The number of aromatic nitrogens is 3. The zero-order valence-electron chi connectivity index (χ0n) is 25.5. The fourth-order valence-electron chi connectivity index (χ4n) is 5.02. The van der Waals surface area contributed by atoms with Gasteiger partial charge in [-0.15, -0.1) is 10.2 Å². The quantitative estimate of drug-likeness (QED) is 0.192. The number of anilines is 2. The first-order valence-corrected chi connectivity index (χ1v) is 14.2. The van der Waals surface area contributed by atoms with Gasteiger partial charge in [0.2, 0.25) is 11.8 Å². The van der Waals surface area contributed by atoms with Crippen molar-refractivity contribution in [2.75, 3.05) is 25.2 Å². The molecule has 1 unspecified atom stereocenters. The summed E-state index contributed by atoms with van der Waals surface area (Å²) in [5, 5.41) is 8.07. The minimum Gasteiger partial charge on any atom is -0.497 e. The molecule has 242 valence electrons. The van der Waals surface area contributed by atoms with E-state index in [1.54, 1.807) is 40.0 Å². The Kier molecular flexibility index (Phi) is 8.74. The molecule has 1 saturated heterocycles. The Balaban J connectivity index is 1.49. The molecule has 0 aliphatic carbocycles. The highest BCUT2D eigenvalue weighted by Gasteiger charge is 2.52. The maximum absolute atomic E-state index is 14.8. The van der Waals surface area contributed by atoms with Crippen LogP contribution in [0.2, 0.25) is 0 Å². The first kappa shape index (κ1) is 32.4. The molecule has 1 aliphatic rings. The van der Waals surface area contributed by atoms with Gasteiger partial charge in [-0.05, 0) is 81.3 Å². The van der Waals surface area contributed by atoms with Crippen molar-refractivity contribution in [3.05, 3.63) is 83.9 Å². The molecule has 3 heterocycles. The molecule has 46 heavy (non-hydrogen) atoms. The molecule has 0 radical (unpaired) electrons. The van der Waals surface area contributed by atoms with E-state index in [1.165, 1.54) is 23.2 Å². The number of halogens is 4. The Hall–Kier alpha value is -5.01. The first-order valence-electron chi connectivity index (χ1n) is 14.2. The minimum absolute atomic E-state index is 0.0385. The van der Waals surface area contributed by atoms with E-state index in [0.717, 1.165) is 34.7 Å². The maximum atomic E-state index is 14.8. The minimum atomic E-state index is -4.59. The normalized spacial score (nSPS) is 16.9. The number of ether oxygens (including phenoxy) is 2. The number of rotatable bonds is 8. The number of hydrogen-bond donors (Lipinski definition) is 0. The van der Waals surface area contributed by atoms with Gasteiger partial charge in [0.15, 0.2) is 11.1 Å². The zero-order chi connectivity index (χ0) is 33.3. The highest BCUT2D eigenvalue weighted by molar-refractivity contribution is 5.99. The second kappa shape index (κ2) is 12.4. The number of carbonyl (C=O) groups is 2. The third kappa shape index (κ3) is 6.51. The lowest BCUT2D eigenvalue weighted by Crippen LogP contribution is -2.39. The summed E-state index contributed by atoms with van der Waals surface area (Å²) >= 11 is 0. The van der Waals surface area contributed by atoms with Gasteiger partial charge in [0.05, 0.1) is 24.0 Å². The molecular weight excluding hydrogens is 610 g/mol. The molecule has 4 aromatic rings. The number of methoxy groups -OCH3 is 1. The molecule has 5 rings (SSSR count). The third-order valence-electron chi connectivity index (χ3n) is 7.36. The summed E-state index contributed by atoms with van der Waals surface area (Å²) in [6.45, 7) is 4.28. The van der Waals surface area contributed by atoms with Crippen molar-refractivity contribution >= 4 is 23.4 Å². The molecule has 2 aromatic carbocycles. The average molecular weight is 642 g/mol. The molecule has 1 aliphatic heterocycles. The number of likely N-dealkylation sites (tertiary alicyclic amines) is 1. The number of amides is 2. The average Bonchev–Trinajstić information content (AvgIpc) is 3.62. The van der Waals surface area contributed by atoms with Gasteiger partial charge in [-0.3, -0.25) is 4.79 Å². The number of benzene rings is 2. The van der Waals surface area contributed by atoms with Gasteiger partial charge in [0, 0.05) is 19.3 Å². The SMILES string of the molecule is COc1ccc(CN2CCC(CF)(c3nnc(-c4ncccc4N(C(=O)OC(C)(C)C)c4ccc(C(F)(F)F)cc4)o3)C2=O)cc1. The van der Waals surface area contributed by atoms with E-state index in [-0.39, 0.29) is 48.4 Å². The van der Waals surface area contributed by atoms with Crippen LogP contribution in [0.5, 0.6) is 5.75 Å². The van der Waals surface area contributed by atoms with Gasteiger partial charge in [-0.2, -0.15) is 13.2 Å². The molecule has 0 bridgehead atoms. The molecule has 10 nitrogen and oxygen atoms in total. The molecule has 0 spiro atoms. The monoisotopic (exact) mass is 641 g/mol. The van der Waals surface area contributed by atoms with Crippen LogP contribution < -0.4 is 9.64 Å². The second-order valence-electron chi connectivity index (χ2n) is 11.7. The lowest BCUT2D eigenvalue weighted by molar-refractivity contribution is -0.137. The summed E-state index contributed by atoms with van der Waals surface area (Å²) in [5.41, 5.74) is -2.75. The van der Waals surface area contributed by atoms with Crippen molar-refractivity contribution < 1.29 is 41.0 Å². The lowest BCUT2D eigenvalue weighted by Gasteiger charge is -2.28. The molecule has 2 amide bonds. The van der Waals surface area contributed by atoms with E-state index in [9.17, 15) is 27.2 Å². The van der Waals surface area contributed by atoms with Crippen molar-refractivity contribution in [3.63, 3.8) is 0 Å². The topological polar surface area (TPSA) is 111 Å². The van der Waals surface area contributed by atoms with Gasteiger partial charge in [0.1, 0.15) is 18.0 Å². The van der Waals surface area contributed by atoms with Crippen LogP contribution in [0.25, 0.3) is 11.6 Å². The predicted octanol–water partition coefficient (Wildman–Crippen LogP) is 6.87. The molecular formula is C32H31F4N5O5. The molecule has 0 saturated carbocycles. The Morgan fingerprint density at radius 2 is 1.74 bits per heavy atom. The van der Waals surface area contributed by atoms with Crippen LogP contribution in [0.15, 0.2) is 71.3 Å². The van der Waals surface area contributed by atoms with Crippen molar-refractivity contribution in [3.8, 4) is 17.3 Å².